The zero-order valence-corrected chi connectivity index (χ0v) is 13.7. The monoisotopic (exact) mass is 335 g/mol. The molecule has 24 heavy (non-hydrogen) atoms. The highest BCUT2D eigenvalue weighted by Gasteiger charge is 2.18. The second-order valence-corrected chi connectivity index (χ2v) is 5.66. The van der Waals surface area contributed by atoms with Gasteiger partial charge in [-0.05, 0) is 18.4 Å². The molecule has 1 atom stereocenters. The molecule has 5 N–H and O–H groups in total. The van der Waals surface area contributed by atoms with E-state index in [0.29, 0.717) is 25.7 Å². The molecule has 0 aliphatic rings. The minimum atomic E-state index is -0.715. The van der Waals surface area contributed by atoms with Crippen LogP contribution in [-0.4, -0.2) is 29.0 Å². The number of benzene rings is 1. The van der Waals surface area contributed by atoms with Gasteiger partial charge in [-0.15, -0.1) is 0 Å². The van der Waals surface area contributed by atoms with E-state index in [2.05, 4.69) is 5.32 Å². The number of hydrogen-bond donors (Lipinski definition) is 4. The highest BCUT2D eigenvalue weighted by atomic mass is 16.5. The first-order valence-corrected chi connectivity index (χ1v) is 8.08. The summed E-state index contributed by atoms with van der Waals surface area (Å²) in [5, 5.41) is 11.0. The Hall–Kier alpha value is -2.41. The van der Waals surface area contributed by atoms with Gasteiger partial charge in [0.05, 0.1) is 0 Å². The van der Waals surface area contributed by atoms with Gasteiger partial charge >= 0.3 is 0 Å². The Morgan fingerprint density at radius 1 is 0.958 bits per heavy atom. The lowest BCUT2D eigenvalue weighted by molar-refractivity contribution is -0.129. The van der Waals surface area contributed by atoms with Crippen LogP contribution in [0.15, 0.2) is 30.3 Å². The quantitative estimate of drug-likeness (QED) is 0.274. The van der Waals surface area contributed by atoms with Crippen molar-refractivity contribution < 1.29 is 19.6 Å². The Morgan fingerprint density at radius 3 is 2.08 bits per heavy atom. The van der Waals surface area contributed by atoms with Crippen molar-refractivity contribution in [2.45, 2.75) is 51.0 Å². The van der Waals surface area contributed by atoms with Crippen LogP contribution in [0.4, 0.5) is 0 Å². The zero-order chi connectivity index (χ0) is 17.8. The van der Waals surface area contributed by atoms with E-state index in [9.17, 15) is 14.4 Å². The molecule has 0 aliphatic heterocycles. The van der Waals surface area contributed by atoms with Crippen LogP contribution < -0.4 is 16.5 Å². The van der Waals surface area contributed by atoms with Gasteiger partial charge in [-0.3, -0.25) is 19.6 Å². The number of nitrogens with one attached hydrogen (secondary N) is 2. The number of primary amides is 1. The van der Waals surface area contributed by atoms with Gasteiger partial charge in [-0.25, -0.2) is 5.48 Å². The Morgan fingerprint density at radius 2 is 1.54 bits per heavy atom. The molecule has 0 unspecified atom stereocenters. The number of carbonyl (C=O) groups is 3. The van der Waals surface area contributed by atoms with Crippen LogP contribution in [-0.2, 0) is 20.8 Å². The van der Waals surface area contributed by atoms with Gasteiger partial charge in [0, 0.05) is 19.3 Å². The van der Waals surface area contributed by atoms with E-state index in [1.165, 1.54) is 0 Å². The summed E-state index contributed by atoms with van der Waals surface area (Å²) in [6.45, 7) is 0. The fourth-order valence-corrected chi connectivity index (χ4v) is 2.32. The van der Waals surface area contributed by atoms with Crippen molar-refractivity contribution in [1.82, 2.24) is 10.8 Å². The molecule has 0 spiro atoms. The van der Waals surface area contributed by atoms with Crippen LogP contribution in [0.25, 0.3) is 0 Å². The Balaban J connectivity index is 2.26. The summed E-state index contributed by atoms with van der Waals surface area (Å²) < 4.78 is 0. The lowest BCUT2D eigenvalue weighted by Gasteiger charge is -2.15. The first-order chi connectivity index (χ1) is 11.5. The summed E-state index contributed by atoms with van der Waals surface area (Å²) >= 11 is 0. The number of carbonyl (C=O) groups excluding carboxylic acids is 3. The van der Waals surface area contributed by atoms with Crippen molar-refractivity contribution in [3.8, 4) is 0 Å². The minimum absolute atomic E-state index is 0.206. The molecule has 1 aromatic rings. The topological polar surface area (TPSA) is 122 Å². The largest absolute Gasteiger partial charge is 0.368 e. The van der Waals surface area contributed by atoms with Gasteiger partial charge in [0.25, 0.3) is 0 Å². The molecule has 0 fully saturated rings. The maximum Gasteiger partial charge on any atom is 0.243 e. The van der Waals surface area contributed by atoms with Gasteiger partial charge in [-0.1, -0.05) is 43.2 Å². The number of unbranched alkanes of at least 4 members (excludes halogenated alkanes) is 3. The Bertz CT molecular complexity index is 534. The van der Waals surface area contributed by atoms with Gasteiger partial charge in [0.2, 0.25) is 17.7 Å². The highest BCUT2D eigenvalue weighted by molar-refractivity contribution is 5.86. The van der Waals surface area contributed by atoms with Crippen LogP contribution in [0.3, 0.4) is 0 Å². The van der Waals surface area contributed by atoms with E-state index in [0.717, 1.165) is 18.4 Å². The van der Waals surface area contributed by atoms with Crippen LogP contribution >= 0.6 is 0 Å². The van der Waals surface area contributed by atoms with Crippen molar-refractivity contribution in [3.63, 3.8) is 0 Å². The third kappa shape index (κ3) is 8.28. The molecular formula is C17H25N3O4. The van der Waals surface area contributed by atoms with Crippen molar-refractivity contribution in [2.24, 2.45) is 5.73 Å². The lowest BCUT2D eigenvalue weighted by atomic mass is 10.0. The number of hydroxylamine groups is 1. The van der Waals surface area contributed by atoms with Gasteiger partial charge in [-0.2, -0.15) is 0 Å². The second kappa shape index (κ2) is 11.2. The number of amides is 3. The zero-order valence-electron chi connectivity index (χ0n) is 13.7. The van der Waals surface area contributed by atoms with E-state index in [1.807, 2.05) is 30.3 Å². The molecule has 132 valence electrons. The van der Waals surface area contributed by atoms with Crippen molar-refractivity contribution in [1.29, 1.82) is 0 Å². The normalized spacial score (nSPS) is 11.5. The lowest BCUT2D eigenvalue weighted by Crippen LogP contribution is -2.45. The summed E-state index contributed by atoms with van der Waals surface area (Å²) in [6, 6.07) is 8.66. The number of nitrogens with two attached hydrogens (primary N) is 1. The van der Waals surface area contributed by atoms with E-state index in [4.69, 9.17) is 10.9 Å². The number of hydrogen-bond acceptors (Lipinski definition) is 4. The molecular weight excluding hydrogens is 310 g/mol. The third-order valence-electron chi connectivity index (χ3n) is 3.64. The maximum atomic E-state index is 11.9. The molecule has 0 saturated carbocycles. The average molecular weight is 335 g/mol. The van der Waals surface area contributed by atoms with E-state index in [-0.39, 0.29) is 12.3 Å². The minimum Gasteiger partial charge on any atom is -0.368 e. The van der Waals surface area contributed by atoms with Crippen molar-refractivity contribution in [2.75, 3.05) is 0 Å². The number of rotatable bonds is 11. The molecule has 0 aromatic heterocycles. The predicted molar refractivity (Wildman–Crippen MR) is 88.9 cm³/mol. The SMILES string of the molecule is NC(=O)[C@H](Cc1ccccc1)NC(=O)CCCCCCC(=O)NO. The first kappa shape index (κ1) is 19.6. The van der Waals surface area contributed by atoms with Gasteiger partial charge < -0.3 is 11.1 Å². The van der Waals surface area contributed by atoms with Crippen LogP contribution in [0, 0.1) is 0 Å². The van der Waals surface area contributed by atoms with Gasteiger partial charge in [0.15, 0.2) is 0 Å². The van der Waals surface area contributed by atoms with Crippen LogP contribution in [0.5, 0.6) is 0 Å². The maximum absolute atomic E-state index is 11.9. The molecule has 0 aliphatic carbocycles. The molecule has 3 amide bonds. The van der Waals surface area contributed by atoms with Gasteiger partial charge in [0.1, 0.15) is 6.04 Å². The third-order valence-corrected chi connectivity index (χ3v) is 3.64. The summed E-state index contributed by atoms with van der Waals surface area (Å²) in [5.74, 6) is -1.16. The molecule has 1 aromatic carbocycles. The highest BCUT2D eigenvalue weighted by Crippen LogP contribution is 2.07. The fraction of sp³-hybridized carbons (Fsp3) is 0.471. The first-order valence-electron chi connectivity index (χ1n) is 8.08. The second-order valence-electron chi connectivity index (χ2n) is 5.66. The van der Waals surface area contributed by atoms with E-state index >= 15 is 0 Å². The predicted octanol–water partition coefficient (Wildman–Crippen LogP) is 1.05. The standard InChI is InChI=1S/C17H25N3O4/c18-17(23)14(12-13-8-4-3-5-9-13)19-15(21)10-6-1-2-7-11-16(22)20-24/h3-5,8-9,14,24H,1-2,6-7,10-12H2,(H2,18,23)(H,19,21)(H,20,22)/t14-/m0/s1. The molecule has 0 radical (unpaired) electrons. The Kier molecular flexibility index (Phi) is 9.14. The average Bonchev–Trinajstić information content (AvgIpc) is 2.57. The molecule has 1 rings (SSSR count). The molecule has 0 bridgehead atoms. The van der Waals surface area contributed by atoms with Crippen LogP contribution in [0.1, 0.15) is 44.1 Å². The van der Waals surface area contributed by atoms with Crippen molar-refractivity contribution >= 4 is 17.7 Å². The molecule has 7 heteroatoms. The molecule has 0 heterocycles. The van der Waals surface area contributed by atoms with Crippen LogP contribution in [0.2, 0.25) is 0 Å². The Labute approximate surface area is 141 Å². The van der Waals surface area contributed by atoms with E-state index in [1.54, 1.807) is 5.48 Å². The smallest absolute Gasteiger partial charge is 0.243 e. The molecule has 7 nitrogen and oxygen atoms in total. The van der Waals surface area contributed by atoms with E-state index < -0.39 is 17.9 Å². The summed E-state index contributed by atoms with van der Waals surface area (Å²) in [4.78, 5) is 34.2. The molecule has 0 saturated heterocycles. The summed E-state index contributed by atoms with van der Waals surface area (Å²) in [6.07, 6.45) is 3.87. The van der Waals surface area contributed by atoms with Crippen molar-refractivity contribution in [3.05, 3.63) is 35.9 Å². The fourth-order valence-electron chi connectivity index (χ4n) is 2.32. The summed E-state index contributed by atoms with van der Waals surface area (Å²) in [7, 11) is 0. The summed E-state index contributed by atoms with van der Waals surface area (Å²) in [5.41, 5.74) is 7.87.